The van der Waals surface area contributed by atoms with E-state index in [1.54, 1.807) is 36.4 Å². The first kappa shape index (κ1) is 25.7. The van der Waals surface area contributed by atoms with Gasteiger partial charge in [0, 0.05) is 20.8 Å². The summed E-state index contributed by atoms with van der Waals surface area (Å²) in [5.74, 6) is -1.14. The molecule has 0 saturated carbocycles. The normalized spacial score (nSPS) is 16.9. The molecule has 37 heavy (non-hydrogen) atoms. The second-order valence-electron chi connectivity index (χ2n) is 8.35. The molecule has 1 aromatic heterocycles. The fraction of sp³-hybridized carbons (Fsp3) is 0.111. The second-order valence-corrected chi connectivity index (χ2v) is 11.9. The van der Waals surface area contributed by atoms with Crippen LogP contribution in [-0.2, 0) is 15.3 Å². The van der Waals surface area contributed by atoms with Crippen molar-refractivity contribution in [2.75, 3.05) is 4.90 Å². The van der Waals surface area contributed by atoms with Crippen molar-refractivity contribution in [2.24, 2.45) is 0 Å². The minimum absolute atomic E-state index is 0.0151. The smallest absolute Gasteiger partial charge is 0.301 e. The predicted octanol–water partition coefficient (Wildman–Crippen LogP) is 7.18. The van der Waals surface area contributed by atoms with E-state index >= 15 is 0 Å². The molecule has 1 aliphatic heterocycles. The summed E-state index contributed by atoms with van der Waals surface area (Å²) in [5, 5.41) is 20.5. The fourth-order valence-electron chi connectivity index (χ4n) is 3.94. The van der Waals surface area contributed by atoms with Gasteiger partial charge in [-0.05, 0) is 54.4 Å². The Morgan fingerprint density at radius 3 is 2.38 bits per heavy atom. The van der Waals surface area contributed by atoms with Crippen molar-refractivity contribution in [3.63, 3.8) is 0 Å². The maximum absolute atomic E-state index is 13.3. The van der Waals surface area contributed by atoms with Gasteiger partial charge >= 0.3 is 5.91 Å². The number of nitrogens with zero attached hydrogens (tertiary/aromatic N) is 3. The number of amides is 1. The molecule has 0 radical (unpaired) electrons. The molecule has 3 aromatic carbocycles. The minimum Gasteiger partial charge on any atom is -0.507 e. The number of thioether (sulfide) groups is 1. The molecule has 10 heteroatoms. The first-order chi connectivity index (χ1) is 17.8. The second kappa shape index (κ2) is 10.8. The third-order valence-electron chi connectivity index (χ3n) is 5.83. The lowest BCUT2D eigenvalue weighted by molar-refractivity contribution is -0.132. The Bertz CT molecular complexity index is 1500. The van der Waals surface area contributed by atoms with E-state index < -0.39 is 17.7 Å². The van der Waals surface area contributed by atoms with Crippen LogP contribution in [0, 0.1) is 6.92 Å². The van der Waals surface area contributed by atoms with Crippen molar-refractivity contribution in [3.05, 3.63) is 110 Å². The van der Waals surface area contributed by atoms with Crippen molar-refractivity contribution in [1.29, 1.82) is 0 Å². The molecule has 0 bridgehead atoms. The quantitative estimate of drug-likeness (QED) is 0.0817. The van der Waals surface area contributed by atoms with Crippen LogP contribution in [0.4, 0.5) is 5.13 Å². The number of rotatable bonds is 6. The van der Waals surface area contributed by atoms with Crippen molar-refractivity contribution >= 4 is 73.2 Å². The van der Waals surface area contributed by atoms with Crippen molar-refractivity contribution in [2.45, 2.75) is 23.1 Å². The van der Waals surface area contributed by atoms with Crippen molar-refractivity contribution in [1.82, 2.24) is 10.2 Å². The zero-order valence-corrected chi connectivity index (χ0v) is 23.4. The number of hydrogen-bond acceptors (Lipinski definition) is 7. The summed E-state index contributed by atoms with van der Waals surface area (Å²) in [4.78, 5) is 27.9. The zero-order valence-electron chi connectivity index (χ0n) is 19.4. The topological polar surface area (TPSA) is 83.4 Å². The van der Waals surface area contributed by atoms with Gasteiger partial charge in [-0.25, -0.2) is 0 Å². The molecule has 186 valence electrons. The number of Topliss-reactive ketones (excluding diaryl/α,β-unsaturated/α-hetero) is 1. The highest BCUT2D eigenvalue weighted by Crippen LogP contribution is 2.44. The van der Waals surface area contributed by atoms with E-state index in [4.69, 9.17) is 11.6 Å². The molecule has 0 spiro atoms. The fourth-order valence-corrected chi connectivity index (χ4v) is 6.15. The Morgan fingerprint density at radius 1 is 1.03 bits per heavy atom. The maximum atomic E-state index is 13.3. The predicted molar refractivity (Wildman–Crippen MR) is 151 cm³/mol. The number of hydrogen-bond donors (Lipinski definition) is 1. The van der Waals surface area contributed by atoms with Gasteiger partial charge in [0.2, 0.25) is 5.13 Å². The van der Waals surface area contributed by atoms with E-state index in [9.17, 15) is 14.7 Å². The van der Waals surface area contributed by atoms with Crippen LogP contribution < -0.4 is 4.90 Å². The van der Waals surface area contributed by atoms with Gasteiger partial charge in [0.05, 0.1) is 11.6 Å². The minimum atomic E-state index is -0.869. The van der Waals surface area contributed by atoms with Gasteiger partial charge in [0.1, 0.15) is 5.76 Å². The van der Waals surface area contributed by atoms with Crippen LogP contribution in [0.2, 0.25) is 5.02 Å². The highest BCUT2D eigenvalue weighted by Gasteiger charge is 2.48. The number of halogens is 2. The van der Waals surface area contributed by atoms with E-state index in [0.717, 1.165) is 10.0 Å². The van der Waals surface area contributed by atoms with Crippen LogP contribution in [-0.4, -0.2) is 27.0 Å². The summed E-state index contributed by atoms with van der Waals surface area (Å²) in [6.07, 6.45) is 0. The lowest BCUT2D eigenvalue weighted by atomic mass is 9.95. The number of ketones is 1. The van der Waals surface area contributed by atoms with Crippen molar-refractivity contribution < 1.29 is 14.7 Å². The van der Waals surface area contributed by atoms with Crippen LogP contribution in [0.1, 0.15) is 28.3 Å². The van der Waals surface area contributed by atoms with Gasteiger partial charge in [-0.3, -0.25) is 14.5 Å². The number of aliphatic hydroxyl groups is 1. The molecule has 1 amide bonds. The number of aliphatic hydroxyl groups excluding tert-OH is 1. The molecule has 0 aliphatic carbocycles. The van der Waals surface area contributed by atoms with E-state index in [1.807, 2.05) is 19.1 Å². The highest BCUT2D eigenvalue weighted by atomic mass is 79.9. The van der Waals surface area contributed by atoms with Crippen LogP contribution in [0.15, 0.2) is 87.2 Å². The lowest BCUT2D eigenvalue weighted by Gasteiger charge is -2.22. The van der Waals surface area contributed by atoms with E-state index in [0.29, 0.717) is 26.2 Å². The van der Waals surface area contributed by atoms with Crippen LogP contribution in [0.3, 0.4) is 0 Å². The maximum Gasteiger partial charge on any atom is 0.301 e. The summed E-state index contributed by atoms with van der Waals surface area (Å²) in [6, 6.07) is 21.1. The molecule has 1 saturated heterocycles. The molecule has 1 unspecified atom stereocenters. The van der Waals surface area contributed by atoms with Gasteiger partial charge in [0.15, 0.2) is 4.34 Å². The van der Waals surface area contributed by atoms with Crippen LogP contribution in [0.25, 0.3) is 5.76 Å². The van der Waals surface area contributed by atoms with Crippen molar-refractivity contribution in [3.8, 4) is 0 Å². The zero-order chi connectivity index (χ0) is 26.1. The van der Waals surface area contributed by atoms with Crippen LogP contribution in [0.5, 0.6) is 0 Å². The summed E-state index contributed by atoms with van der Waals surface area (Å²) in [5.41, 5.74) is 3.36. The first-order valence-corrected chi connectivity index (χ1v) is 14.1. The number of benzene rings is 3. The molecule has 1 N–H and O–H groups in total. The van der Waals surface area contributed by atoms with Crippen LogP contribution >= 0.6 is 50.6 Å². The lowest BCUT2D eigenvalue weighted by Crippen LogP contribution is -2.29. The van der Waals surface area contributed by atoms with Gasteiger partial charge in [-0.15, -0.1) is 10.2 Å². The molecule has 5 rings (SSSR count). The summed E-state index contributed by atoms with van der Waals surface area (Å²) in [6.45, 7) is 2.04. The third kappa shape index (κ3) is 5.36. The van der Waals surface area contributed by atoms with E-state index in [1.165, 1.54) is 33.6 Å². The molecule has 2 heterocycles. The Morgan fingerprint density at radius 2 is 1.70 bits per heavy atom. The number of anilines is 1. The largest absolute Gasteiger partial charge is 0.507 e. The van der Waals surface area contributed by atoms with Gasteiger partial charge in [-0.2, -0.15) is 0 Å². The molecule has 1 fully saturated rings. The Hall–Kier alpha value is -2.98. The number of aryl methyl sites for hydroxylation is 1. The monoisotopic (exact) mass is 611 g/mol. The Labute approximate surface area is 235 Å². The number of carbonyl (C=O) groups excluding carboxylic acids is 2. The average Bonchev–Trinajstić information content (AvgIpc) is 3.46. The first-order valence-electron chi connectivity index (χ1n) is 11.2. The standard InChI is InChI=1S/C27H19BrClN3O3S2/c1-15-2-4-16(5-3-15)14-36-27-31-30-26(37-27)32-22(17-6-10-19(28)11-7-17)21(24(34)25(32)35)23(33)18-8-12-20(29)13-9-18/h2-13,22,33H,14H2,1H3/b23-21-. The summed E-state index contributed by atoms with van der Waals surface area (Å²) >= 11 is 12.2. The Balaban J connectivity index is 1.53. The van der Waals surface area contributed by atoms with E-state index in [2.05, 4.69) is 50.4 Å². The Kier molecular flexibility index (Phi) is 7.48. The highest BCUT2D eigenvalue weighted by molar-refractivity contribution is 9.10. The van der Waals surface area contributed by atoms with E-state index in [-0.39, 0.29) is 16.5 Å². The molecule has 4 aromatic rings. The molecule has 1 atom stereocenters. The number of carbonyl (C=O) groups is 2. The third-order valence-corrected chi connectivity index (χ3v) is 8.74. The molecular weight excluding hydrogens is 594 g/mol. The molecule has 6 nitrogen and oxygen atoms in total. The summed E-state index contributed by atoms with van der Waals surface area (Å²) < 4.78 is 1.52. The van der Waals surface area contributed by atoms with Gasteiger partial charge in [-0.1, -0.05) is 92.6 Å². The number of aromatic nitrogens is 2. The molecule has 1 aliphatic rings. The van der Waals surface area contributed by atoms with Gasteiger partial charge in [0.25, 0.3) is 5.78 Å². The average molecular weight is 613 g/mol. The SMILES string of the molecule is Cc1ccc(CSc2nnc(N3C(=O)C(=O)/C(=C(\O)c4ccc(Cl)cc4)C3c3ccc(Br)cc3)s2)cc1. The molecular formula is C27H19BrClN3O3S2. The summed E-state index contributed by atoms with van der Waals surface area (Å²) in [7, 11) is 0. The van der Waals surface area contributed by atoms with Gasteiger partial charge < -0.3 is 5.11 Å².